The number of hydrogen-bond donors (Lipinski definition) is 5. The number of hydrogen-bond acceptors (Lipinski definition) is 19. The highest BCUT2D eigenvalue weighted by Crippen LogP contribution is 2.43. The number of aryl methyl sites for hydroxylation is 2. The average Bonchev–Trinajstić information content (AvgIpc) is 1.62. The van der Waals surface area contributed by atoms with Gasteiger partial charge in [-0.05, 0) is 167 Å². The molecule has 0 spiro atoms. The first-order valence-electron chi connectivity index (χ1n) is 28.9. The number of aliphatic hydroxyl groups excluding tert-OH is 3. The van der Waals surface area contributed by atoms with Gasteiger partial charge in [0, 0.05) is 72.9 Å². The van der Waals surface area contributed by atoms with E-state index < -0.39 is 34.6 Å². The maximum atomic E-state index is 12.7. The predicted octanol–water partition coefficient (Wildman–Crippen LogP) is 10.3. The van der Waals surface area contributed by atoms with Crippen LogP contribution in [0.2, 0.25) is 18.1 Å². The van der Waals surface area contributed by atoms with Crippen molar-refractivity contribution in [2.24, 2.45) is 0 Å². The van der Waals surface area contributed by atoms with E-state index in [-0.39, 0.29) is 57.8 Å². The highest BCUT2D eigenvalue weighted by atomic mass is 28.4. The van der Waals surface area contributed by atoms with Gasteiger partial charge in [0.15, 0.2) is 8.32 Å². The first-order valence-corrected chi connectivity index (χ1v) is 31.8. The number of nitro groups is 3. The van der Waals surface area contributed by atoms with Gasteiger partial charge in [-0.3, -0.25) is 30.3 Å². The van der Waals surface area contributed by atoms with Crippen LogP contribution in [0.5, 0.6) is 0 Å². The SMILES string of the molecule is CC(C)(C)[Si](C)(C)OC1CC(N2CCCc3ccc(C#N)cc32)C1.N#Cc1ccc([N+](=O)[O-])c(F)c1.N#Cc1ccc([N+](=O)[O-])c(NC2CC(O)C2)c1.N#Cc1ccc([N+](=O)[O-])c(NC2CC(O)C2)c1.N#Cc1ccc2c(c1)N(C1CC(O)C1)CCC2.O. The average molecular weight is 1220 g/mol. The molecule has 0 bridgehead atoms. The van der Waals surface area contributed by atoms with E-state index in [0.717, 1.165) is 74.9 Å². The molecule has 23 nitrogen and oxygen atoms in total. The van der Waals surface area contributed by atoms with Crippen molar-refractivity contribution in [2.75, 3.05) is 33.5 Å². The van der Waals surface area contributed by atoms with Crippen LogP contribution in [0.1, 0.15) is 124 Å². The Morgan fingerprint density at radius 3 is 1.23 bits per heavy atom. The smallest absolute Gasteiger partial charge is 0.304 e. The number of nitro benzene ring substituents is 3. The summed E-state index contributed by atoms with van der Waals surface area (Å²) in [6.07, 6.45) is 10.6. The van der Waals surface area contributed by atoms with E-state index in [0.29, 0.717) is 66.4 Å². The standard InChI is InChI=1S/C20H30N2OSi.C14H16N2O.2C11H11N3O3.C7H3FN2O2.H2O/c1-20(2,3)24(4,5)23-18-12-17(13-18)22-10-6-7-16-9-8-15(14-21)11-19(16)22;15-9-10-3-4-11-2-1-5-16(14(11)6-10)12-7-13(17)8-12;2*12-6-7-1-2-11(14(16)17)10(3-7)13-8-4-9(15)5-8;8-6-3-5(4-9)1-2-7(6)10(11)12;/h8-9,11,17-18H,6-7,10,12-13H2,1-5H3;3-4,6,12-13,17H,1-2,5,7-8H2;2*1-3,8-9,13,15H,4-5H2;1-3H;1H2. The van der Waals surface area contributed by atoms with Gasteiger partial charge in [-0.1, -0.05) is 32.9 Å². The molecule has 7 N–H and O–H groups in total. The molecule has 11 rings (SSSR count). The lowest BCUT2D eigenvalue weighted by atomic mass is 9.85. The number of aliphatic hydroxyl groups is 3. The van der Waals surface area contributed by atoms with E-state index in [1.165, 1.54) is 77.8 Å². The number of nitrogens with one attached hydrogen (secondary N) is 2. The quantitative estimate of drug-likeness (QED) is 0.0466. The van der Waals surface area contributed by atoms with Crippen LogP contribution in [0, 0.1) is 92.8 Å². The zero-order valence-electron chi connectivity index (χ0n) is 49.7. The number of halogens is 1. The number of nitrogens with zero attached hydrogens (tertiary/aromatic N) is 10. The number of fused-ring (bicyclic) bond motifs is 2. The van der Waals surface area contributed by atoms with Crippen LogP contribution in [0.15, 0.2) is 91.0 Å². The summed E-state index contributed by atoms with van der Waals surface area (Å²) in [6, 6.07) is 34.7. The molecule has 6 aliphatic rings. The van der Waals surface area contributed by atoms with Crippen molar-refractivity contribution >= 4 is 48.1 Å². The lowest BCUT2D eigenvalue weighted by Gasteiger charge is -2.49. The third kappa shape index (κ3) is 17.3. The van der Waals surface area contributed by atoms with Gasteiger partial charge in [-0.15, -0.1) is 0 Å². The van der Waals surface area contributed by atoms with Gasteiger partial charge in [0.1, 0.15) is 11.4 Å². The molecule has 0 atom stereocenters. The van der Waals surface area contributed by atoms with Crippen LogP contribution < -0.4 is 20.4 Å². The third-order valence-electron chi connectivity index (χ3n) is 16.9. The molecule has 4 aliphatic carbocycles. The van der Waals surface area contributed by atoms with E-state index in [9.17, 15) is 45.1 Å². The summed E-state index contributed by atoms with van der Waals surface area (Å²) >= 11 is 0. The molecule has 5 aromatic carbocycles. The van der Waals surface area contributed by atoms with Crippen LogP contribution in [-0.2, 0) is 17.3 Å². The van der Waals surface area contributed by atoms with Crippen molar-refractivity contribution in [1.82, 2.24) is 0 Å². The molecule has 2 heterocycles. The minimum Gasteiger partial charge on any atom is -0.414 e. The lowest BCUT2D eigenvalue weighted by molar-refractivity contribution is -0.387. The Morgan fingerprint density at radius 1 is 0.545 bits per heavy atom. The Bertz CT molecular complexity index is 3460. The molecule has 4 fully saturated rings. The molecule has 462 valence electrons. The Hall–Kier alpha value is -9.10. The summed E-state index contributed by atoms with van der Waals surface area (Å²) in [4.78, 5) is 34.8. The second-order valence-electron chi connectivity index (χ2n) is 24.1. The largest absolute Gasteiger partial charge is 0.414 e. The summed E-state index contributed by atoms with van der Waals surface area (Å²) in [6.45, 7) is 13.8. The first kappa shape index (κ1) is 68.0. The predicted molar refractivity (Wildman–Crippen MR) is 330 cm³/mol. The molecule has 0 saturated heterocycles. The van der Waals surface area contributed by atoms with Crippen molar-refractivity contribution in [3.63, 3.8) is 0 Å². The summed E-state index contributed by atoms with van der Waals surface area (Å²) in [7, 11) is -1.66. The molecule has 5 aromatic rings. The Morgan fingerprint density at radius 2 is 0.886 bits per heavy atom. The Balaban J connectivity index is 0.000000178. The van der Waals surface area contributed by atoms with Crippen molar-refractivity contribution in [1.29, 1.82) is 26.3 Å². The van der Waals surface area contributed by atoms with Crippen LogP contribution >= 0.6 is 0 Å². The summed E-state index contributed by atoms with van der Waals surface area (Å²) in [5.41, 5.74) is 7.52. The van der Waals surface area contributed by atoms with E-state index in [4.69, 9.17) is 35.7 Å². The second-order valence-corrected chi connectivity index (χ2v) is 28.8. The van der Waals surface area contributed by atoms with Gasteiger partial charge in [0.05, 0.1) is 91.2 Å². The molecule has 0 aromatic heterocycles. The van der Waals surface area contributed by atoms with Crippen molar-refractivity contribution < 1.29 is 44.4 Å². The van der Waals surface area contributed by atoms with E-state index in [2.05, 4.69) is 84.6 Å². The molecular formula is C63H73FN12O11Si. The fourth-order valence-corrected chi connectivity index (χ4v) is 12.1. The molecule has 25 heteroatoms. The molecular weight excluding hydrogens is 1150 g/mol. The molecule has 0 amide bonds. The van der Waals surface area contributed by atoms with Crippen LogP contribution in [-0.4, -0.2) is 106 Å². The lowest BCUT2D eigenvalue weighted by Crippen LogP contribution is -2.54. The third-order valence-corrected chi connectivity index (χ3v) is 21.4. The van der Waals surface area contributed by atoms with Gasteiger partial charge < -0.3 is 45.7 Å². The summed E-state index contributed by atoms with van der Waals surface area (Å²) in [5.74, 6) is -0.987. The van der Waals surface area contributed by atoms with Crippen molar-refractivity contribution in [2.45, 2.75) is 165 Å². The normalized spacial score (nSPS) is 21.6. The second kappa shape index (κ2) is 30.0. The van der Waals surface area contributed by atoms with Gasteiger partial charge in [0.25, 0.3) is 11.4 Å². The molecule has 2 aliphatic heterocycles. The monoisotopic (exact) mass is 1220 g/mol. The van der Waals surface area contributed by atoms with Gasteiger partial charge in [-0.25, -0.2) is 0 Å². The number of benzene rings is 5. The minimum atomic E-state index is -1.66. The number of rotatable bonds is 11. The van der Waals surface area contributed by atoms with Gasteiger partial charge in [-0.2, -0.15) is 30.7 Å². The minimum absolute atomic E-state index is 0. The Labute approximate surface area is 511 Å². The molecule has 0 radical (unpaired) electrons. The molecule has 0 unspecified atom stereocenters. The topological polar surface area (TPSA) is 380 Å². The zero-order valence-corrected chi connectivity index (χ0v) is 50.7. The maximum Gasteiger partial charge on any atom is 0.304 e. The van der Waals surface area contributed by atoms with Crippen LogP contribution in [0.25, 0.3) is 0 Å². The summed E-state index contributed by atoms with van der Waals surface area (Å²) < 4.78 is 19.2. The fraction of sp³-hybridized carbons (Fsp3) is 0.444. The van der Waals surface area contributed by atoms with Gasteiger partial charge >= 0.3 is 5.69 Å². The van der Waals surface area contributed by atoms with Crippen molar-refractivity contribution in [3.8, 4) is 30.3 Å². The summed E-state index contributed by atoms with van der Waals surface area (Å²) in [5, 5.41) is 110. The van der Waals surface area contributed by atoms with Gasteiger partial charge in [0.2, 0.25) is 5.82 Å². The van der Waals surface area contributed by atoms with E-state index >= 15 is 0 Å². The number of anilines is 4. The molecule has 88 heavy (non-hydrogen) atoms. The highest BCUT2D eigenvalue weighted by molar-refractivity contribution is 6.74. The number of nitriles is 5. The van der Waals surface area contributed by atoms with E-state index in [1.807, 2.05) is 30.3 Å². The Kier molecular flexibility index (Phi) is 23.2. The van der Waals surface area contributed by atoms with Crippen molar-refractivity contribution in [3.05, 3.63) is 166 Å². The van der Waals surface area contributed by atoms with E-state index in [1.54, 1.807) is 6.07 Å². The highest BCUT2D eigenvalue weighted by Gasteiger charge is 2.44. The zero-order chi connectivity index (χ0) is 63.3. The fourth-order valence-electron chi connectivity index (χ4n) is 10.7. The van der Waals surface area contributed by atoms with Crippen LogP contribution in [0.3, 0.4) is 0 Å². The maximum absolute atomic E-state index is 12.7. The van der Waals surface area contributed by atoms with Crippen LogP contribution in [0.4, 0.5) is 44.2 Å². The molecule has 4 saturated carbocycles. The first-order chi connectivity index (χ1) is 41.3.